The van der Waals surface area contributed by atoms with Gasteiger partial charge in [0.15, 0.2) is 17.5 Å². The van der Waals surface area contributed by atoms with E-state index in [1.807, 2.05) is 0 Å². The molecule has 15 amide bonds. The topological polar surface area (TPSA) is 558 Å². The molecule has 3 aliphatic heterocycles. The van der Waals surface area contributed by atoms with Crippen LogP contribution in [0, 0.1) is 29.3 Å². The Labute approximate surface area is 780 Å². The van der Waals surface area contributed by atoms with E-state index in [-0.39, 0.29) is 44.3 Å². The van der Waals surface area contributed by atoms with Crippen molar-refractivity contribution in [2.75, 3.05) is 52.3 Å². The van der Waals surface area contributed by atoms with Gasteiger partial charge in [-0.2, -0.15) is 0 Å². The highest BCUT2D eigenvalue weighted by molar-refractivity contribution is 8.00. The highest BCUT2D eigenvalue weighted by Gasteiger charge is 2.48. The molecule has 0 saturated carbocycles. The molecule has 6 aromatic rings. The van der Waals surface area contributed by atoms with Crippen molar-refractivity contribution in [3.05, 3.63) is 173 Å². The number of phenolic OH excluding ortho intramolecular Hbond substituents is 1. The number of amides is 15. The predicted octanol–water partition coefficient (Wildman–Crippen LogP) is 0.667. The summed E-state index contributed by atoms with van der Waals surface area (Å²) in [4.78, 5) is 258. The molecule has 9 rings (SSSR count). The highest BCUT2D eigenvalue weighted by Crippen LogP contribution is 2.29. The number of nitrogens with one attached hydrogen (secondary N) is 10. The number of carbonyl (C=O) groups is 17. The Bertz CT molecular complexity index is 5270. The number of unbranched alkanes of at least 4 members (excludes halogenated alkanes) is 1. The molecule has 0 spiro atoms. The zero-order valence-corrected chi connectivity index (χ0v) is 76.7. The zero-order chi connectivity index (χ0) is 98.9. The number of aliphatic carboxylic acids is 2. The van der Waals surface area contributed by atoms with E-state index in [0.29, 0.717) is 63.5 Å². The van der Waals surface area contributed by atoms with Crippen molar-refractivity contribution in [2.45, 2.75) is 215 Å². The molecular weight excluding hydrogens is 1780 g/mol. The lowest BCUT2D eigenvalue weighted by molar-refractivity contribution is -0.152. The number of nitrogens with two attached hydrogens (primary N) is 1. The number of para-hydroxylation sites is 1. The molecule has 728 valence electrons. The van der Waals surface area contributed by atoms with Crippen molar-refractivity contribution in [2.24, 2.45) is 17.6 Å². The number of hydrogen-bond donors (Lipinski definition) is 16. The fraction of sp³-hybridized carbons (Fsp3) is 0.473. The zero-order valence-electron chi connectivity index (χ0n) is 75.9. The van der Waals surface area contributed by atoms with Gasteiger partial charge >= 0.3 is 11.9 Å². The number of benzene rings is 5. The first-order valence-electron chi connectivity index (χ1n) is 44.3. The fourth-order valence-electron chi connectivity index (χ4n) is 16.5. The second-order valence-electron chi connectivity index (χ2n) is 34.8. The number of hydrogen-bond acceptors (Lipinski definition) is 21. The lowest BCUT2D eigenvalue weighted by atomic mass is 9.98. The van der Waals surface area contributed by atoms with Crippen molar-refractivity contribution < 1.29 is 120 Å². The summed E-state index contributed by atoms with van der Waals surface area (Å²) in [5.74, 6) is -27.5. The maximum Gasteiger partial charge on any atom is 0.305 e. The standard InChI is InChI=1S/C93H117F3N16O22S/c1-9-10-25-70-92(133)112-46-58(115)41-73(112)88(129)105-67(42-78(120)121)85(126)107-80(50(4)5)93(134)109(7)71(37-51-19-13-11-14-20-51)86(127)101-63(30-31-77(118)119)90(131)111-45-57(114)40-72(111)87(128)104-66(39-55-43-98-62-24-18-17-23-59(55)62)84(125)103-65(35-53-26-28-56(113)29-27-53)83(124)102-64(32-49(2)3)82(123)106-69(81(122)99-44-75(97)116)47-135-48-76(117)100-68(36-54-33-60(94)79(96)61(95)34-54)89(130)110(8)74(91(132)108(70)6)38-52-21-15-12-16-22-52/h11-24,26-29,33-34,43,49-50,57-58,63-74,80,98,113-115H,9-10,25,30-32,35-42,44-48H2,1-8H3,(H2,97,116)(H,99,122)(H,100,117)(H,101,127)(H,102,124)(H,103,125)(H,104,128)(H,105,129)(H,106,123)(H,107,126)(H,118,119)(H,120,121)/t57-,58-,63-,64+,65-,66-,67-,68+,69-,70-,71+,72+,73+,74-,80-/m0/s1. The molecule has 5 aromatic carbocycles. The van der Waals surface area contributed by atoms with Gasteiger partial charge in [0.25, 0.3) is 0 Å². The van der Waals surface area contributed by atoms with Crippen LogP contribution in [0.5, 0.6) is 5.75 Å². The molecule has 0 aliphatic carbocycles. The normalized spacial score (nSPS) is 24.5. The number of thioether (sulfide) groups is 1. The molecular formula is C93H117F3N16O22S. The number of aromatic amines is 1. The van der Waals surface area contributed by atoms with E-state index in [1.54, 1.807) is 112 Å². The Morgan fingerprint density at radius 3 is 1.59 bits per heavy atom. The van der Waals surface area contributed by atoms with E-state index < -0.39 is 302 Å². The number of aromatic hydroxyl groups is 1. The second-order valence-corrected chi connectivity index (χ2v) is 35.8. The molecule has 3 saturated heterocycles. The van der Waals surface area contributed by atoms with Gasteiger partial charge in [-0.05, 0) is 89.2 Å². The molecule has 135 heavy (non-hydrogen) atoms. The van der Waals surface area contributed by atoms with Gasteiger partial charge in [-0.1, -0.05) is 138 Å². The van der Waals surface area contributed by atoms with Gasteiger partial charge in [-0.15, -0.1) is 11.8 Å². The molecule has 0 unspecified atom stereocenters. The van der Waals surface area contributed by atoms with Gasteiger partial charge in [0, 0.05) is 108 Å². The fourth-order valence-corrected chi connectivity index (χ4v) is 17.3. The summed E-state index contributed by atoms with van der Waals surface area (Å²) in [5, 5.41) is 77.3. The summed E-state index contributed by atoms with van der Waals surface area (Å²) in [6.07, 6.45) is -7.15. The third kappa shape index (κ3) is 29.2. The van der Waals surface area contributed by atoms with Gasteiger partial charge in [-0.3, -0.25) is 81.5 Å². The number of aliphatic hydroxyl groups excluding tert-OH is 2. The van der Waals surface area contributed by atoms with Crippen LogP contribution in [0.3, 0.4) is 0 Å². The van der Waals surface area contributed by atoms with E-state index in [4.69, 9.17) is 5.73 Å². The minimum absolute atomic E-state index is 0.150. The summed E-state index contributed by atoms with van der Waals surface area (Å²) in [5.41, 5.74) is 7.16. The Balaban J connectivity index is 1.15. The van der Waals surface area contributed by atoms with Gasteiger partial charge in [-0.25, -0.2) is 13.2 Å². The van der Waals surface area contributed by atoms with Crippen LogP contribution in [0.15, 0.2) is 128 Å². The molecule has 0 radical (unpaired) electrons. The first-order chi connectivity index (χ1) is 64.0. The highest BCUT2D eigenvalue weighted by atomic mass is 32.2. The number of carboxylic acid groups (broad SMARTS) is 2. The van der Waals surface area contributed by atoms with Gasteiger partial charge in [0.05, 0.1) is 30.9 Å². The molecule has 42 heteroatoms. The van der Waals surface area contributed by atoms with Crippen molar-refractivity contribution in [1.82, 2.24) is 77.3 Å². The van der Waals surface area contributed by atoms with Crippen molar-refractivity contribution in [1.29, 1.82) is 0 Å². The number of aromatic nitrogens is 1. The van der Waals surface area contributed by atoms with Crippen LogP contribution in [0.25, 0.3) is 10.9 Å². The maximum absolute atomic E-state index is 15.7. The van der Waals surface area contributed by atoms with Gasteiger partial charge < -0.3 is 109 Å². The number of aliphatic hydroxyl groups is 2. The smallest absolute Gasteiger partial charge is 0.305 e. The molecule has 38 nitrogen and oxygen atoms in total. The molecule has 3 fully saturated rings. The summed E-state index contributed by atoms with van der Waals surface area (Å²) in [6, 6.07) is 6.77. The minimum atomic E-state index is -2.08. The molecule has 3 aliphatic rings. The van der Waals surface area contributed by atoms with Crippen molar-refractivity contribution in [3.63, 3.8) is 0 Å². The molecule has 4 heterocycles. The quantitative estimate of drug-likeness (QED) is 0.0370. The number of likely N-dealkylation sites (N-methyl/N-ethyl adjacent to an activating group) is 3. The SMILES string of the molecule is CCCC[C@H]1C(=O)N2C[C@@H](O)C[C@@H]2C(=O)N[C@@H](CC(=O)O)C(=O)N[C@@H](C(C)C)C(=O)N(C)[C@H](Cc2ccccc2)C(=O)N[C@@H](CCC(=O)O)C(=O)N2C[C@@H](O)C[C@@H]2C(=O)N[C@@H](Cc2c[nH]c3ccccc23)C(=O)N[C@@H](Cc2ccc(O)cc2)C(=O)N[C@H](CC(C)C)C(=O)N[C@H](C(=O)NCC(N)=O)CSCC(=O)N[C@H](Cc2cc(F)c(F)c(F)c2)C(=O)N(C)[C@@H](Cc2ccccc2)C(=O)N1C. The van der Waals surface area contributed by atoms with Crippen LogP contribution in [-0.4, -0.2) is 299 Å². The van der Waals surface area contributed by atoms with Crippen LogP contribution in [0.1, 0.15) is 120 Å². The van der Waals surface area contributed by atoms with Crippen molar-refractivity contribution >= 4 is 123 Å². The van der Waals surface area contributed by atoms with E-state index in [1.165, 1.54) is 52.2 Å². The Morgan fingerprint density at radius 1 is 0.511 bits per heavy atom. The third-order valence-electron chi connectivity index (χ3n) is 23.7. The number of carbonyl (C=O) groups excluding carboxylic acids is 15. The van der Waals surface area contributed by atoms with Crippen LogP contribution in [-0.2, 0) is 114 Å². The number of H-pyrrole nitrogens is 1. The first-order valence-corrected chi connectivity index (χ1v) is 45.5. The second kappa shape index (κ2) is 48.9. The first kappa shape index (κ1) is 105. The number of halogens is 3. The van der Waals surface area contributed by atoms with E-state index in [2.05, 4.69) is 52.8 Å². The van der Waals surface area contributed by atoms with Gasteiger partial charge in [0.1, 0.15) is 84.3 Å². The number of rotatable bonds is 24. The largest absolute Gasteiger partial charge is 0.508 e. The summed E-state index contributed by atoms with van der Waals surface area (Å²) >= 11 is 0.640. The molecule has 0 bridgehead atoms. The van der Waals surface area contributed by atoms with E-state index >= 15 is 56.7 Å². The minimum Gasteiger partial charge on any atom is -0.508 e. The number of nitrogens with zero attached hydrogens (tertiary/aromatic N) is 5. The molecule has 15 atom stereocenters. The Kier molecular flexibility index (Phi) is 38.1. The maximum atomic E-state index is 15.7. The van der Waals surface area contributed by atoms with Crippen LogP contribution in [0.2, 0.25) is 0 Å². The summed E-state index contributed by atoms with van der Waals surface area (Å²) in [6.45, 7) is 6.06. The van der Waals surface area contributed by atoms with Gasteiger partial charge in [0.2, 0.25) is 88.6 Å². The number of phenols is 1. The Hall–Kier alpha value is -13.5. The third-order valence-corrected chi connectivity index (χ3v) is 24.7. The Morgan fingerprint density at radius 2 is 1.01 bits per heavy atom. The van der Waals surface area contributed by atoms with E-state index in [9.17, 15) is 63.5 Å². The average molecular weight is 1900 g/mol. The lowest BCUT2D eigenvalue weighted by Gasteiger charge is -2.38. The number of primary amides is 1. The van der Waals surface area contributed by atoms with E-state index in [0.717, 1.165) is 31.5 Å². The predicted molar refractivity (Wildman–Crippen MR) is 484 cm³/mol. The summed E-state index contributed by atoms with van der Waals surface area (Å²) in [7, 11) is 3.54. The van der Waals surface area contributed by atoms with Crippen LogP contribution in [0.4, 0.5) is 13.2 Å². The number of carboxylic acids is 2. The van der Waals surface area contributed by atoms with Crippen LogP contribution >= 0.6 is 11.8 Å². The average Bonchev–Trinajstić information content (AvgIpc) is 1.68. The monoisotopic (exact) mass is 1900 g/mol. The number of fused-ring (bicyclic) bond motifs is 3. The van der Waals surface area contributed by atoms with Crippen LogP contribution < -0.4 is 53.6 Å². The lowest BCUT2D eigenvalue weighted by Crippen LogP contribution is -2.62. The van der Waals surface area contributed by atoms with Crippen molar-refractivity contribution in [3.8, 4) is 5.75 Å². The summed E-state index contributed by atoms with van der Waals surface area (Å²) < 4.78 is 45.1. The molecule has 1 aromatic heterocycles. The molecule has 17 N–H and O–H groups in total.